The maximum absolute atomic E-state index is 11.8. The van der Waals surface area contributed by atoms with Gasteiger partial charge >= 0.3 is 0 Å². The molecule has 1 N–H and O–H groups in total. The van der Waals surface area contributed by atoms with Crippen LogP contribution in [0.3, 0.4) is 0 Å². The molecule has 5 heteroatoms. The Morgan fingerprint density at radius 3 is 2.11 bits per heavy atom. The number of rotatable bonds is 5. The van der Waals surface area contributed by atoms with Gasteiger partial charge in [0.1, 0.15) is 0 Å². The highest BCUT2D eigenvalue weighted by atomic mass is 32.2. The van der Waals surface area contributed by atoms with E-state index in [0.717, 1.165) is 5.56 Å². The monoisotopic (exact) mass is 270 g/mol. The fourth-order valence-electron chi connectivity index (χ4n) is 1.69. The van der Waals surface area contributed by atoms with Gasteiger partial charge in [-0.15, -0.1) is 0 Å². The van der Waals surface area contributed by atoms with Crippen molar-refractivity contribution in [2.75, 3.05) is 14.1 Å². The van der Waals surface area contributed by atoms with Crippen molar-refractivity contribution in [3.63, 3.8) is 0 Å². The van der Waals surface area contributed by atoms with Crippen LogP contribution in [0.1, 0.15) is 25.0 Å². The highest BCUT2D eigenvalue weighted by Gasteiger charge is 2.26. The zero-order valence-corrected chi connectivity index (χ0v) is 12.5. The molecular weight excluding hydrogens is 248 g/mol. The molecule has 0 atom stereocenters. The molecule has 0 aliphatic rings. The van der Waals surface area contributed by atoms with Crippen molar-refractivity contribution in [1.29, 1.82) is 0 Å². The van der Waals surface area contributed by atoms with Crippen LogP contribution in [0.5, 0.6) is 0 Å². The molecule has 0 aliphatic carbocycles. The standard InChI is InChI=1S/C13H22N2O2S/c1-11-6-8-12(9-7-11)10-13(2,3)14-18(16,17)15(4)5/h6-9,14H,10H2,1-5H3. The summed E-state index contributed by atoms with van der Waals surface area (Å²) in [6.07, 6.45) is 0.653. The van der Waals surface area contributed by atoms with Gasteiger partial charge in [0.2, 0.25) is 0 Å². The minimum Gasteiger partial charge on any atom is -0.196 e. The third kappa shape index (κ3) is 4.40. The highest BCUT2D eigenvalue weighted by Crippen LogP contribution is 2.15. The van der Waals surface area contributed by atoms with Crippen LogP contribution in [0, 0.1) is 6.92 Å². The molecular formula is C13H22N2O2S. The Kier molecular flexibility index (Phi) is 4.53. The summed E-state index contributed by atoms with van der Waals surface area (Å²) in [5, 5.41) is 0. The smallest absolute Gasteiger partial charge is 0.196 e. The van der Waals surface area contributed by atoms with Gasteiger partial charge in [-0.05, 0) is 32.8 Å². The average Bonchev–Trinajstić information content (AvgIpc) is 2.19. The van der Waals surface area contributed by atoms with Crippen molar-refractivity contribution < 1.29 is 8.42 Å². The quantitative estimate of drug-likeness (QED) is 0.885. The molecule has 0 unspecified atom stereocenters. The first-order chi connectivity index (χ1) is 8.12. The van der Waals surface area contributed by atoms with Gasteiger partial charge in [-0.1, -0.05) is 29.8 Å². The highest BCUT2D eigenvalue weighted by molar-refractivity contribution is 7.87. The molecule has 0 bridgehead atoms. The Morgan fingerprint density at radius 2 is 1.67 bits per heavy atom. The second-order valence-corrected chi connectivity index (χ2v) is 7.32. The van der Waals surface area contributed by atoms with Crippen LogP contribution in [0.25, 0.3) is 0 Å². The van der Waals surface area contributed by atoms with Crippen LogP contribution < -0.4 is 4.72 Å². The Morgan fingerprint density at radius 1 is 1.17 bits per heavy atom. The second kappa shape index (κ2) is 5.38. The van der Waals surface area contributed by atoms with Gasteiger partial charge in [0, 0.05) is 19.6 Å². The predicted molar refractivity (Wildman–Crippen MR) is 74.7 cm³/mol. The molecule has 0 saturated heterocycles. The summed E-state index contributed by atoms with van der Waals surface area (Å²) in [4.78, 5) is 0. The summed E-state index contributed by atoms with van der Waals surface area (Å²) in [6, 6.07) is 8.12. The number of hydrogen-bond donors (Lipinski definition) is 1. The molecule has 0 heterocycles. The van der Waals surface area contributed by atoms with Crippen molar-refractivity contribution in [3.05, 3.63) is 35.4 Å². The third-order valence-electron chi connectivity index (χ3n) is 2.65. The maximum Gasteiger partial charge on any atom is 0.279 e. The Hall–Kier alpha value is -0.910. The minimum absolute atomic E-state index is 0.516. The summed E-state index contributed by atoms with van der Waals surface area (Å²) in [5.41, 5.74) is 1.80. The number of hydrogen-bond acceptors (Lipinski definition) is 2. The zero-order chi connectivity index (χ0) is 14.0. The Labute approximate surface area is 110 Å². The normalized spacial score (nSPS) is 13.0. The first-order valence-electron chi connectivity index (χ1n) is 5.89. The summed E-state index contributed by atoms with van der Waals surface area (Å²) in [5.74, 6) is 0. The molecule has 0 radical (unpaired) electrons. The number of nitrogens with zero attached hydrogens (tertiary/aromatic N) is 1. The van der Waals surface area contributed by atoms with Crippen molar-refractivity contribution in [3.8, 4) is 0 Å². The van der Waals surface area contributed by atoms with Gasteiger partial charge < -0.3 is 0 Å². The van der Waals surface area contributed by atoms with E-state index in [1.807, 2.05) is 45.0 Å². The lowest BCUT2D eigenvalue weighted by Crippen LogP contribution is -2.49. The summed E-state index contributed by atoms with van der Waals surface area (Å²) >= 11 is 0. The largest absolute Gasteiger partial charge is 0.279 e. The second-order valence-electron chi connectivity index (χ2n) is 5.44. The molecule has 1 aromatic rings. The fraction of sp³-hybridized carbons (Fsp3) is 0.538. The molecule has 0 aliphatic heterocycles. The topological polar surface area (TPSA) is 49.4 Å². The van der Waals surface area contributed by atoms with Crippen LogP contribution in [0.4, 0.5) is 0 Å². The van der Waals surface area contributed by atoms with E-state index in [1.165, 1.54) is 24.0 Å². The fourth-order valence-corrected chi connectivity index (χ4v) is 2.65. The molecule has 18 heavy (non-hydrogen) atoms. The SMILES string of the molecule is Cc1ccc(CC(C)(C)NS(=O)(=O)N(C)C)cc1. The first-order valence-corrected chi connectivity index (χ1v) is 7.33. The lowest BCUT2D eigenvalue weighted by Gasteiger charge is -2.27. The van der Waals surface area contributed by atoms with Crippen molar-refractivity contribution in [1.82, 2.24) is 9.03 Å². The molecule has 102 valence electrons. The van der Waals surface area contributed by atoms with E-state index < -0.39 is 15.7 Å². The molecule has 0 aromatic heterocycles. The summed E-state index contributed by atoms with van der Waals surface area (Å²) in [7, 11) is -0.365. The average molecular weight is 270 g/mol. The Bertz CT molecular complexity index is 490. The summed E-state index contributed by atoms with van der Waals surface area (Å²) < 4.78 is 27.5. The van der Waals surface area contributed by atoms with Crippen LogP contribution in [-0.2, 0) is 16.6 Å². The lowest BCUT2D eigenvalue weighted by atomic mass is 9.96. The van der Waals surface area contributed by atoms with Crippen LogP contribution >= 0.6 is 0 Å². The van der Waals surface area contributed by atoms with Gasteiger partial charge in [0.15, 0.2) is 0 Å². The van der Waals surface area contributed by atoms with Gasteiger partial charge in [0.25, 0.3) is 10.2 Å². The van der Waals surface area contributed by atoms with Crippen LogP contribution in [-0.4, -0.2) is 32.4 Å². The van der Waals surface area contributed by atoms with E-state index in [9.17, 15) is 8.42 Å². The van der Waals surface area contributed by atoms with E-state index in [1.54, 1.807) is 0 Å². The van der Waals surface area contributed by atoms with E-state index in [-0.39, 0.29) is 0 Å². The lowest BCUT2D eigenvalue weighted by molar-refractivity contribution is 0.423. The molecule has 4 nitrogen and oxygen atoms in total. The zero-order valence-electron chi connectivity index (χ0n) is 11.7. The molecule has 0 spiro atoms. The van der Waals surface area contributed by atoms with Gasteiger partial charge in [0.05, 0.1) is 0 Å². The molecule has 0 amide bonds. The van der Waals surface area contributed by atoms with Crippen molar-refractivity contribution in [2.24, 2.45) is 0 Å². The number of benzene rings is 1. The third-order valence-corrected chi connectivity index (χ3v) is 4.42. The number of nitrogens with one attached hydrogen (secondary N) is 1. The maximum atomic E-state index is 11.8. The van der Waals surface area contributed by atoms with Crippen LogP contribution in [0.15, 0.2) is 24.3 Å². The van der Waals surface area contributed by atoms with Gasteiger partial charge in [-0.25, -0.2) is 0 Å². The van der Waals surface area contributed by atoms with Crippen LogP contribution in [0.2, 0.25) is 0 Å². The predicted octanol–water partition coefficient (Wildman–Crippen LogP) is 1.71. The first kappa shape index (κ1) is 15.1. The molecule has 1 aromatic carbocycles. The van der Waals surface area contributed by atoms with E-state index in [0.29, 0.717) is 6.42 Å². The van der Waals surface area contributed by atoms with E-state index >= 15 is 0 Å². The minimum atomic E-state index is -3.40. The Balaban J connectivity index is 2.79. The van der Waals surface area contributed by atoms with E-state index in [4.69, 9.17) is 0 Å². The van der Waals surface area contributed by atoms with Crippen molar-refractivity contribution in [2.45, 2.75) is 32.7 Å². The molecule has 0 saturated carbocycles. The van der Waals surface area contributed by atoms with Crippen molar-refractivity contribution >= 4 is 10.2 Å². The van der Waals surface area contributed by atoms with E-state index in [2.05, 4.69) is 4.72 Å². The molecule has 1 rings (SSSR count). The summed E-state index contributed by atoms with van der Waals surface area (Å²) in [6.45, 7) is 5.80. The number of aryl methyl sites for hydroxylation is 1. The molecule has 0 fully saturated rings. The van der Waals surface area contributed by atoms with Gasteiger partial charge in [-0.2, -0.15) is 17.4 Å². The van der Waals surface area contributed by atoms with Gasteiger partial charge in [-0.3, -0.25) is 0 Å².